The molecular formula is C24H30N4O4S. The number of hydrogen-bond donors (Lipinski definition) is 1. The van der Waals surface area contributed by atoms with Crippen LogP contribution in [-0.4, -0.2) is 64.3 Å². The number of hydrogen-bond acceptors (Lipinski definition) is 7. The van der Waals surface area contributed by atoms with E-state index in [4.69, 9.17) is 4.74 Å². The molecule has 0 radical (unpaired) electrons. The van der Waals surface area contributed by atoms with E-state index in [1.807, 2.05) is 12.1 Å². The van der Waals surface area contributed by atoms with Crippen LogP contribution >= 0.6 is 11.3 Å². The van der Waals surface area contributed by atoms with Gasteiger partial charge >= 0.3 is 0 Å². The zero-order valence-electron chi connectivity index (χ0n) is 18.8. The number of amides is 2. The first-order chi connectivity index (χ1) is 16.1. The highest BCUT2D eigenvalue weighted by atomic mass is 32.1. The lowest BCUT2D eigenvalue weighted by Gasteiger charge is -2.28. The van der Waals surface area contributed by atoms with Gasteiger partial charge in [0, 0.05) is 35.4 Å². The van der Waals surface area contributed by atoms with E-state index in [2.05, 4.69) is 22.2 Å². The average Bonchev–Trinajstić information content (AvgIpc) is 3.59. The fraction of sp³-hybridized carbons (Fsp3) is 0.542. The Balaban J connectivity index is 0.000000196. The number of ketones is 1. The molecule has 9 heteroatoms. The number of thiophene rings is 1. The van der Waals surface area contributed by atoms with E-state index < -0.39 is 0 Å². The highest BCUT2D eigenvalue weighted by molar-refractivity contribution is 7.17. The number of Topliss-reactive ketones (excluding diaryl/α,β-unsaturated/α-hetero) is 1. The van der Waals surface area contributed by atoms with Gasteiger partial charge in [-0.05, 0) is 44.2 Å². The highest BCUT2D eigenvalue weighted by Gasteiger charge is 2.44. The van der Waals surface area contributed by atoms with E-state index in [1.54, 1.807) is 12.4 Å². The monoisotopic (exact) mass is 470 g/mol. The van der Waals surface area contributed by atoms with Crippen LogP contribution in [-0.2, 0) is 14.3 Å². The quantitative estimate of drug-likeness (QED) is 0.674. The molecule has 1 saturated carbocycles. The smallest absolute Gasteiger partial charge is 0.261 e. The molecule has 0 spiro atoms. The molecule has 3 aliphatic rings. The summed E-state index contributed by atoms with van der Waals surface area (Å²) in [6.45, 7) is 2.97. The molecule has 2 aliphatic heterocycles. The topological polar surface area (TPSA) is 101 Å². The van der Waals surface area contributed by atoms with Gasteiger partial charge in [-0.2, -0.15) is 0 Å². The molecule has 8 nitrogen and oxygen atoms in total. The van der Waals surface area contributed by atoms with Crippen molar-refractivity contribution in [1.82, 2.24) is 20.2 Å². The summed E-state index contributed by atoms with van der Waals surface area (Å²) in [4.78, 5) is 45.3. The Hall–Kier alpha value is -2.65. The van der Waals surface area contributed by atoms with Gasteiger partial charge in [0.15, 0.2) is 5.78 Å². The van der Waals surface area contributed by atoms with E-state index in [9.17, 15) is 14.4 Å². The summed E-state index contributed by atoms with van der Waals surface area (Å²) in [7, 11) is 0. The van der Waals surface area contributed by atoms with Crippen molar-refractivity contribution in [3.05, 3.63) is 35.7 Å². The lowest BCUT2D eigenvalue weighted by molar-refractivity contribution is -0.127. The molecule has 1 N–H and O–H groups in total. The van der Waals surface area contributed by atoms with Gasteiger partial charge in [0.25, 0.3) is 5.91 Å². The van der Waals surface area contributed by atoms with Crippen LogP contribution in [0.25, 0.3) is 10.4 Å². The molecule has 4 heterocycles. The SMILES string of the molecule is CC(NC(=O)c1ccc(-c2cncnc2)s1)C1CCCCC1.O=CN1CC[C@H]2OCC(=O)[C@H]21. The summed E-state index contributed by atoms with van der Waals surface area (Å²) in [5.41, 5.74) is 0.951. The third kappa shape index (κ3) is 5.65. The molecule has 2 aromatic rings. The Morgan fingerprint density at radius 1 is 1.21 bits per heavy atom. The average molecular weight is 471 g/mol. The minimum absolute atomic E-state index is 0.0206. The van der Waals surface area contributed by atoms with Crippen LogP contribution in [0.1, 0.15) is 55.1 Å². The second kappa shape index (κ2) is 11.0. The maximum Gasteiger partial charge on any atom is 0.261 e. The Morgan fingerprint density at radius 2 is 1.97 bits per heavy atom. The molecule has 2 saturated heterocycles. The molecule has 0 bridgehead atoms. The van der Waals surface area contributed by atoms with Crippen molar-refractivity contribution < 1.29 is 19.1 Å². The van der Waals surface area contributed by atoms with E-state index in [0.29, 0.717) is 12.5 Å². The molecular weight excluding hydrogens is 440 g/mol. The maximum absolute atomic E-state index is 12.4. The van der Waals surface area contributed by atoms with Crippen LogP contribution in [0.15, 0.2) is 30.9 Å². The van der Waals surface area contributed by atoms with Crippen molar-refractivity contribution in [3.63, 3.8) is 0 Å². The fourth-order valence-electron chi connectivity index (χ4n) is 4.82. The van der Waals surface area contributed by atoms with E-state index in [1.165, 1.54) is 54.7 Å². The number of fused-ring (bicyclic) bond motifs is 1. The minimum atomic E-state index is -0.271. The predicted molar refractivity (Wildman–Crippen MR) is 125 cm³/mol. The number of carbonyl (C=O) groups excluding carboxylic acids is 3. The van der Waals surface area contributed by atoms with Gasteiger partial charge in [-0.3, -0.25) is 14.4 Å². The molecule has 3 atom stereocenters. The molecule has 0 aromatic carbocycles. The van der Waals surface area contributed by atoms with Crippen molar-refractivity contribution in [1.29, 1.82) is 0 Å². The molecule has 176 valence electrons. The summed E-state index contributed by atoms with van der Waals surface area (Å²) in [5, 5.41) is 3.17. The zero-order chi connectivity index (χ0) is 23.2. The van der Waals surface area contributed by atoms with Crippen molar-refractivity contribution in [2.45, 2.75) is 63.6 Å². The summed E-state index contributed by atoms with van der Waals surface area (Å²) in [6.07, 6.45) is 13.0. The van der Waals surface area contributed by atoms with Gasteiger partial charge in [0.1, 0.15) is 19.0 Å². The number of ether oxygens (including phenoxy) is 1. The lowest BCUT2D eigenvalue weighted by atomic mass is 9.84. The van der Waals surface area contributed by atoms with Crippen LogP contribution in [0.2, 0.25) is 0 Å². The van der Waals surface area contributed by atoms with Crippen LogP contribution < -0.4 is 5.32 Å². The number of carbonyl (C=O) groups is 3. The first-order valence-electron chi connectivity index (χ1n) is 11.6. The summed E-state index contributed by atoms with van der Waals surface area (Å²) >= 11 is 1.49. The molecule has 33 heavy (non-hydrogen) atoms. The standard InChI is InChI=1S/C17H21N3OS.C7H9NO3/c1-12(13-5-3-2-4-6-13)20-17(21)16-8-7-15(22-16)14-9-18-11-19-10-14;9-4-8-2-1-6-7(8)5(10)3-11-6/h7-13H,2-6H2,1H3,(H,20,21);4,6-7H,1-3H2/t;6-,7-/m.1/s1. The first-order valence-corrected chi connectivity index (χ1v) is 12.4. The van der Waals surface area contributed by atoms with Crippen LogP contribution in [0.4, 0.5) is 0 Å². The van der Waals surface area contributed by atoms with Gasteiger partial charge in [-0.25, -0.2) is 9.97 Å². The Morgan fingerprint density at radius 3 is 2.70 bits per heavy atom. The number of likely N-dealkylation sites (tertiary alicyclic amines) is 1. The van der Waals surface area contributed by atoms with Gasteiger partial charge in [-0.15, -0.1) is 11.3 Å². The second-order valence-corrected chi connectivity index (χ2v) is 9.93. The van der Waals surface area contributed by atoms with E-state index >= 15 is 0 Å². The third-order valence-corrected chi connectivity index (χ3v) is 7.81. The number of nitrogens with zero attached hydrogens (tertiary/aromatic N) is 3. The van der Waals surface area contributed by atoms with E-state index in [-0.39, 0.29) is 36.5 Å². The van der Waals surface area contributed by atoms with Crippen LogP contribution in [0.3, 0.4) is 0 Å². The number of rotatable bonds is 5. The van der Waals surface area contributed by atoms with Gasteiger partial charge in [-0.1, -0.05) is 19.3 Å². The minimum Gasteiger partial charge on any atom is -0.368 e. The first kappa shape index (κ1) is 23.5. The molecule has 1 unspecified atom stereocenters. The summed E-state index contributed by atoms with van der Waals surface area (Å²) < 4.78 is 5.17. The van der Waals surface area contributed by atoms with Crippen molar-refractivity contribution in [2.24, 2.45) is 5.92 Å². The zero-order valence-corrected chi connectivity index (χ0v) is 19.6. The molecule has 1 aliphatic carbocycles. The molecule has 3 fully saturated rings. The largest absolute Gasteiger partial charge is 0.368 e. The lowest BCUT2D eigenvalue weighted by Crippen LogP contribution is -2.38. The number of nitrogens with one attached hydrogen (secondary N) is 1. The number of aromatic nitrogens is 2. The van der Waals surface area contributed by atoms with Crippen LogP contribution in [0, 0.1) is 5.92 Å². The predicted octanol–water partition coefficient (Wildman–Crippen LogP) is 3.09. The molecule has 2 aromatic heterocycles. The van der Waals surface area contributed by atoms with Gasteiger partial charge < -0.3 is 15.0 Å². The Bertz CT molecular complexity index is 960. The van der Waals surface area contributed by atoms with E-state index in [0.717, 1.165) is 28.1 Å². The Kier molecular flexibility index (Phi) is 7.82. The normalized spacial score (nSPS) is 23.4. The van der Waals surface area contributed by atoms with Gasteiger partial charge in [0.2, 0.25) is 6.41 Å². The summed E-state index contributed by atoms with van der Waals surface area (Å²) in [5.74, 6) is 0.699. The second-order valence-electron chi connectivity index (χ2n) is 8.84. The van der Waals surface area contributed by atoms with Crippen molar-refractivity contribution in [2.75, 3.05) is 13.2 Å². The highest BCUT2D eigenvalue weighted by Crippen LogP contribution is 2.29. The molecule has 5 rings (SSSR count). The molecule has 2 amide bonds. The summed E-state index contributed by atoms with van der Waals surface area (Å²) in [6, 6.07) is 3.82. The Labute approximate surface area is 197 Å². The van der Waals surface area contributed by atoms with Crippen LogP contribution in [0.5, 0.6) is 0 Å². The third-order valence-electron chi connectivity index (χ3n) is 6.68. The fourth-order valence-corrected chi connectivity index (χ4v) is 5.70. The van der Waals surface area contributed by atoms with Crippen molar-refractivity contribution in [3.8, 4) is 10.4 Å². The maximum atomic E-state index is 12.4. The van der Waals surface area contributed by atoms with Crippen molar-refractivity contribution >= 4 is 29.4 Å². The van der Waals surface area contributed by atoms with Gasteiger partial charge in [0.05, 0.1) is 11.0 Å².